The van der Waals surface area contributed by atoms with Crippen LogP contribution in [-0.2, 0) is 11.1 Å². The number of hydrogen-bond acceptors (Lipinski definition) is 0. The van der Waals surface area contributed by atoms with Crippen molar-refractivity contribution in [1.29, 1.82) is 0 Å². The van der Waals surface area contributed by atoms with Crippen LogP contribution < -0.4 is 0 Å². The molecule has 1 nitrogen and oxygen atoms in total. The summed E-state index contributed by atoms with van der Waals surface area (Å²) in [7, 11) is 4.92. The number of quaternary nitrogens is 1. The second kappa shape index (κ2) is 4.63. The highest BCUT2D eigenvalue weighted by Gasteiger charge is 2.63. The Balaban J connectivity index is 2.82. The fraction of sp³-hybridized carbons (Fsp3) is 0.667. The monoisotopic (exact) mass is 260 g/mol. The molecule has 0 spiro atoms. The largest absolute Gasteiger partial charge is 0.311 e. The minimum absolute atomic E-state index is 0.280. The number of rotatable bonds is 4. The Morgan fingerprint density at radius 1 is 0.737 bits per heavy atom. The molecule has 0 N–H and O–H groups in total. The Morgan fingerprint density at radius 3 is 1.32 bits per heavy atom. The molecule has 0 bridgehead atoms. The van der Waals surface area contributed by atoms with Gasteiger partial charge in [-0.15, -0.1) is 0 Å². The maximum Gasteiger partial charge on any atom is 0.125 e. The van der Waals surface area contributed by atoms with Crippen molar-refractivity contribution in [1.82, 2.24) is 0 Å². The maximum atomic E-state index is 2.46. The summed E-state index contributed by atoms with van der Waals surface area (Å²) in [5.74, 6) is 0. The highest BCUT2D eigenvalue weighted by atomic mass is 15.4. The molecule has 0 aromatic heterocycles. The summed E-state index contributed by atoms with van der Waals surface area (Å²) < 4.78 is 1.11. The molecule has 0 saturated carbocycles. The second-order valence-corrected chi connectivity index (χ2v) is 6.48. The molecule has 1 aliphatic heterocycles. The van der Waals surface area contributed by atoms with Crippen LogP contribution in [0.3, 0.4) is 0 Å². The molecule has 19 heavy (non-hydrogen) atoms. The van der Waals surface area contributed by atoms with E-state index >= 15 is 0 Å². The molecule has 1 heteroatoms. The van der Waals surface area contributed by atoms with Gasteiger partial charge < -0.3 is 4.48 Å². The van der Waals surface area contributed by atoms with Gasteiger partial charge in [-0.3, -0.25) is 0 Å². The molecule has 0 atom stereocenters. The van der Waals surface area contributed by atoms with Crippen LogP contribution in [0.4, 0.5) is 0 Å². The quantitative estimate of drug-likeness (QED) is 0.682. The van der Waals surface area contributed by atoms with E-state index in [4.69, 9.17) is 0 Å². The van der Waals surface area contributed by atoms with Gasteiger partial charge in [0.05, 0.1) is 14.1 Å². The van der Waals surface area contributed by atoms with Gasteiger partial charge >= 0.3 is 0 Å². The van der Waals surface area contributed by atoms with E-state index in [2.05, 4.69) is 66.1 Å². The molecular formula is C18H30N+. The fourth-order valence-electron chi connectivity index (χ4n) is 5.15. The van der Waals surface area contributed by atoms with E-state index in [0.29, 0.717) is 0 Å². The lowest BCUT2D eigenvalue weighted by atomic mass is 9.83. The van der Waals surface area contributed by atoms with Gasteiger partial charge in [-0.05, 0) is 0 Å². The van der Waals surface area contributed by atoms with Gasteiger partial charge in [0.2, 0.25) is 0 Å². The van der Waals surface area contributed by atoms with E-state index in [1.54, 1.807) is 11.1 Å². The number of nitrogens with zero attached hydrogens (tertiary/aromatic N) is 1. The standard InChI is InChI=1S/C18H30N/c1-7-17(8-2)15-13-11-12-14-16(15)18(9-3,10-4)19(17,5)6/h11-14H,7-10H2,1-6H3/q+1. The molecule has 1 aromatic rings. The Hall–Kier alpha value is -0.820. The second-order valence-electron chi connectivity index (χ2n) is 6.48. The van der Waals surface area contributed by atoms with Crippen LogP contribution in [0.1, 0.15) is 64.5 Å². The van der Waals surface area contributed by atoms with Gasteiger partial charge in [0, 0.05) is 36.8 Å². The summed E-state index contributed by atoms with van der Waals surface area (Å²) in [5.41, 5.74) is 3.77. The lowest BCUT2D eigenvalue weighted by Crippen LogP contribution is -2.61. The van der Waals surface area contributed by atoms with Crippen LogP contribution in [0.25, 0.3) is 0 Å². The predicted molar refractivity (Wildman–Crippen MR) is 83.1 cm³/mol. The Kier molecular flexibility index (Phi) is 3.55. The van der Waals surface area contributed by atoms with Crippen LogP contribution in [0.5, 0.6) is 0 Å². The third kappa shape index (κ3) is 1.45. The normalized spacial score (nSPS) is 22.2. The summed E-state index contributed by atoms with van der Waals surface area (Å²) >= 11 is 0. The molecule has 0 amide bonds. The van der Waals surface area contributed by atoms with Crippen molar-refractivity contribution in [3.05, 3.63) is 35.4 Å². The number of hydrogen-bond donors (Lipinski definition) is 0. The van der Waals surface area contributed by atoms with Gasteiger partial charge in [-0.2, -0.15) is 0 Å². The zero-order valence-electron chi connectivity index (χ0n) is 13.6. The Morgan fingerprint density at radius 2 is 1.05 bits per heavy atom. The van der Waals surface area contributed by atoms with Gasteiger partial charge in [0.15, 0.2) is 0 Å². The average molecular weight is 260 g/mol. The van der Waals surface area contributed by atoms with Gasteiger partial charge in [0.25, 0.3) is 0 Å². The Labute approximate surface area is 119 Å². The minimum Gasteiger partial charge on any atom is -0.311 e. The molecule has 0 saturated heterocycles. The third-order valence-corrected chi connectivity index (χ3v) is 6.41. The maximum absolute atomic E-state index is 2.46. The summed E-state index contributed by atoms with van der Waals surface area (Å²) in [6.07, 6.45) is 4.87. The summed E-state index contributed by atoms with van der Waals surface area (Å²) in [5, 5.41) is 0. The van der Waals surface area contributed by atoms with Crippen molar-refractivity contribution in [2.75, 3.05) is 14.1 Å². The zero-order chi connectivity index (χ0) is 14.3. The van der Waals surface area contributed by atoms with E-state index in [-0.39, 0.29) is 11.1 Å². The lowest BCUT2D eigenvalue weighted by Gasteiger charge is -2.52. The van der Waals surface area contributed by atoms with Crippen LogP contribution in [0, 0.1) is 0 Å². The van der Waals surface area contributed by atoms with Crippen molar-refractivity contribution in [3.8, 4) is 0 Å². The fourth-order valence-corrected chi connectivity index (χ4v) is 5.15. The van der Waals surface area contributed by atoms with Crippen LogP contribution in [0.2, 0.25) is 0 Å². The molecule has 0 fully saturated rings. The highest BCUT2D eigenvalue weighted by molar-refractivity contribution is 5.41. The van der Waals surface area contributed by atoms with E-state index < -0.39 is 0 Å². The first kappa shape index (κ1) is 14.6. The predicted octanol–water partition coefficient (Wildman–Crippen LogP) is 4.81. The molecule has 1 heterocycles. The van der Waals surface area contributed by atoms with Crippen molar-refractivity contribution < 1.29 is 4.48 Å². The van der Waals surface area contributed by atoms with Crippen molar-refractivity contribution in [2.45, 2.75) is 64.5 Å². The molecule has 0 radical (unpaired) electrons. The number of fused-ring (bicyclic) bond motifs is 1. The minimum atomic E-state index is 0.280. The first-order valence-corrected chi connectivity index (χ1v) is 7.91. The molecular weight excluding hydrogens is 230 g/mol. The average Bonchev–Trinajstić information content (AvgIpc) is 2.60. The first-order chi connectivity index (χ1) is 8.97. The van der Waals surface area contributed by atoms with E-state index in [1.807, 2.05) is 0 Å². The van der Waals surface area contributed by atoms with Crippen molar-refractivity contribution in [2.24, 2.45) is 0 Å². The summed E-state index contributed by atoms with van der Waals surface area (Å²) in [6, 6.07) is 9.21. The molecule has 0 unspecified atom stereocenters. The van der Waals surface area contributed by atoms with Crippen LogP contribution >= 0.6 is 0 Å². The highest BCUT2D eigenvalue weighted by Crippen LogP contribution is 2.59. The smallest absolute Gasteiger partial charge is 0.125 e. The molecule has 1 aliphatic rings. The summed E-state index contributed by atoms with van der Waals surface area (Å²) in [4.78, 5) is 0. The van der Waals surface area contributed by atoms with E-state index in [1.165, 1.54) is 25.7 Å². The SMILES string of the molecule is CCC1(CC)c2ccccc2C(CC)(CC)[N+]1(C)C. The molecule has 1 aromatic carbocycles. The van der Waals surface area contributed by atoms with Gasteiger partial charge in [-0.1, -0.05) is 52.0 Å². The topological polar surface area (TPSA) is 0 Å². The van der Waals surface area contributed by atoms with Gasteiger partial charge in [0.1, 0.15) is 11.1 Å². The van der Waals surface area contributed by atoms with Crippen molar-refractivity contribution >= 4 is 0 Å². The third-order valence-electron chi connectivity index (χ3n) is 6.41. The van der Waals surface area contributed by atoms with Crippen molar-refractivity contribution in [3.63, 3.8) is 0 Å². The first-order valence-electron chi connectivity index (χ1n) is 7.91. The van der Waals surface area contributed by atoms with Crippen LogP contribution in [-0.4, -0.2) is 18.6 Å². The molecule has 0 aliphatic carbocycles. The zero-order valence-corrected chi connectivity index (χ0v) is 13.6. The van der Waals surface area contributed by atoms with E-state index in [9.17, 15) is 0 Å². The molecule has 106 valence electrons. The lowest BCUT2D eigenvalue weighted by molar-refractivity contribution is -0.997. The van der Waals surface area contributed by atoms with Gasteiger partial charge in [-0.25, -0.2) is 0 Å². The van der Waals surface area contributed by atoms with E-state index in [0.717, 1.165) is 4.48 Å². The Bertz CT molecular complexity index is 410. The summed E-state index contributed by atoms with van der Waals surface area (Å²) in [6.45, 7) is 9.45. The number of benzene rings is 1. The van der Waals surface area contributed by atoms with Crippen LogP contribution in [0.15, 0.2) is 24.3 Å². The molecule has 2 rings (SSSR count).